The van der Waals surface area contributed by atoms with Crippen molar-refractivity contribution in [3.05, 3.63) is 29.6 Å². The van der Waals surface area contributed by atoms with Crippen molar-refractivity contribution in [3.8, 4) is 5.75 Å². The Morgan fingerprint density at radius 2 is 2.00 bits per heavy atom. The van der Waals surface area contributed by atoms with Crippen LogP contribution in [-0.4, -0.2) is 13.7 Å². The first-order valence-corrected chi connectivity index (χ1v) is 6.53. The van der Waals surface area contributed by atoms with Crippen LogP contribution in [0.25, 0.3) is 0 Å². The number of ether oxygens (including phenoxy) is 1. The zero-order chi connectivity index (χ0) is 13.8. The van der Waals surface area contributed by atoms with Crippen LogP contribution in [0, 0.1) is 11.2 Å². The molecule has 1 aromatic carbocycles. The number of nitrogens with one attached hydrogen (secondary N) is 1. The Kier molecular flexibility index (Phi) is 5.15. The lowest BCUT2D eigenvalue weighted by Crippen LogP contribution is -2.34. The smallest absolute Gasteiger partial charge is 0.123 e. The van der Waals surface area contributed by atoms with Crippen LogP contribution in [0.2, 0.25) is 0 Å². The van der Waals surface area contributed by atoms with E-state index >= 15 is 0 Å². The molecule has 0 saturated heterocycles. The van der Waals surface area contributed by atoms with Gasteiger partial charge in [0.2, 0.25) is 0 Å². The van der Waals surface area contributed by atoms with Crippen LogP contribution in [-0.2, 0) is 0 Å². The highest BCUT2D eigenvalue weighted by Crippen LogP contribution is 2.40. The van der Waals surface area contributed by atoms with Crippen molar-refractivity contribution in [3.63, 3.8) is 0 Å². The van der Waals surface area contributed by atoms with Gasteiger partial charge in [0, 0.05) is 11.6 Å². The average Bonchev–Trinajstić information content (AvgIpc) is 2.35. The first kappa shape index (κ1) is 15.0. The van der Waals surface area contributed by atoms with Gasteiger partial charge in [-0.25, -0.2) is 4.39 Å². The summed E-state index contributed by atoms with van der Waals surface area (Å²) in [6.45, 7) is 9.42. The predicted molar refractivity (Wildman–Crippen MR) is 73.4 cm³/mol. The third kappa shape index (κ3) is 3.22. The predicted octanol–water partition coefficient (Wildman–Crippen LogP) is 3.92. The van der Waals surface area contributed by atoms with Gasteiger partial charge in [-0.2, -0.15) is 0 Å². The maximum absolute atomic E-state index is 13.5. The topological polar surface area (TPSA) is 21.3 Å². The molecule has 1 rings (SSSR count). The van der Waals surface area contributed by atoms with E-state index in [4.69, 9.17) is 4.74 Å². The number of hydrogen-bond donors (Lipinski definition) is 1. The van der Waals surface area contributed by atoms with E-state index in [1.54, 1.807) is 19.2 Å². The summed E-state index contributed by atoms with van der Waals surface area (Å²) in [6, 6.07) is 4.78. The maximum atomic E-state index is 13.5. The molecule has 0 aliphatic heterocycles. The Balaban J connectivity index is 3.24. The van der Waals surface area contributed by atoms with Gasteiger partial charge in [-0.15, -0.1) is 0 Å². The van der Waals surface area contributed by atoms with Gasteiger partial charge >= 0.3 is 0 Å². The van der Waals surface area contributed by atoms with E-state index < -0.39 is 0 Å². The van der Waals surface area contributed by atoms with Gasteiger partial charge in [0.1, 0.15) is 11.6 Å². The first-order chi connectivity index (χ1) is 8.46. The zero-order valence-electron chi connectivity index (χ0n) is 12.0. The molecule has 3 heteroatoms. The molecule has 0 aromatic heterocycles. The van der Waals surface area contributed by atoms with Crippen LogP contribution in [0.5, 0.6) is 5.75 Å². The molecule has 0 aliphatic carbocycles. The molecule has 2 nitrogen and oxygen atoms in total. The van der Waals surface area contributed by atoms with Crippen molar-refractivity contribution >= 4 is 0 Å². The molecular formula is C15H24FNO. The summed E-state index contributed by atoms with van der Waals surface area (Å²) in [6.07, 6.45) is 1.00. The van der Waals surface area contributed by atoms with Crippen molar-refractivity contribution in [1.82, 2.24) is 5.32 Å². The molecule has 0 heterocycles. The van der Waals surface area contributed by atoms with Crippen LogP contribution < -0.4 is 10.1 Å². The fraction of sp³-hybridized carbons (Fsp3) is 0.600. The third-order valence-corrected chi connectivity index (χ3v) is 3.60. The van der Waals surface area contributed by atoms with E-state index in [2.05, 4.69) is 33.0 Å². The number of hydrogen-bond acceptors (Lipinski definition) is 2. The minimum absolute atomic E-state index is 0.0388. The second kappa shape index (κ2) is 6.19. The SMILES string of the molecule is CCNC(c1cc(F)ccc1OC)C(C)(C)CC. The van der Waals surface area contributed by atoms with Gasteiger partial charge in [0.15, 0.2) is 0 Å². The van der Waals surface area contributed by atoms with Crippen molar-refractivity contribution in [2.24, 2.45) is 5.41 Å². The van der Waals surface area contributed by atoms with Crippen molar-refractivity contribution in [2.45, 2.75) is 40.2 Å². The second-order valence-electron chi connectivity index (χ2n) is 5.22. The number of methoxy groups -OCH3 is 1. The lowest BCUT2D eigenvalue weighted by molar-refractivity contribution is 0.231. The molecule has 0 saturated carbocycles. The van der Waals surface area contributed by atoms with E-state index in [0.29, 0.717) is 0 Å². The van der Waals surface area contributed by atoms with Crippen LogP contribution in [0.1, 0.15) is 45.7 Å². The maximum Gasteiger partial charge on any atom is 0.123 e. The van der Waals surface area contributed by atoms with Crippen molar-refractivity contribution < 1.29 is 9.13 Å². The number of halogens is 1. The number of rotatable bonds is 6. The van der Waals surface area contributed by atoms with E-state index in [1.807, 2.05) is 0 Å². The van der Waals surface area contributed by atoms with Crippen LogP contribution in [0.15, 0.2) is 18.2 Å². The summed E-state index contributed by atoms with van der Waals surface area (Å²) in [5.41, 5.74) is 0.933. The van der Waals surface area contributed by atoms with Gasteiger partial charge in [-0.05, 0) is 36.6 Å². The Morgan fingerprint density at radius 1 is 1.33 bits per heavy atom. The standard InChI is InChI=1S/C15H24FNO/c1-6-15(3,4)14(17-7-2)12-10-11(16)8-9-13(12)18-5/h8-10,14,17H,6-7H2,1-5H3. The molecule has 0 aliphatic rings. The Hall–Kier alpha value is -1.09. The molecule has 102 valence electrons. The Labute approximate surface area is 110 Å². The number of benzene rings is 1. The molecule has 0 fully saturated rings. The largest absolute Gasteiger partial charge is 0.496 e. The van der Waals surface area contributed by atoms with Gasteiger partial charge in [-0.3, -0.25) is 0 Å². The van der Waals surface area contributed by atoms with Crippen molar-refractivity contribution in [1.29, 1.82) is 0 Å². The fourth-order valence-electron chi connectivity index (χ4n) is 2.15. The Bertz CT molecular complexity index is 390. The van der Waals surface area contributed by atoms with E-state index in [9.17, 15) is 4.39 Å². The highest BCUT2D eigenvalue weighted by atomic mass is 19.1. The zero-order valence-corrected chi connectivity index (χ0v) is 12.0. The molecule has 1 atom stereocenters. The normalized spacial score (nSPS) is 13.4. The molecule has 0 radical (unpaired) electrons. The lowest BCUT2D eigenvalue weighted by atomic mass is 9.78. The quantitative estimate of drug-likeness (QED) is 0.829. The van der Waals surface area contributed by atoms with Gasteiger partial charge < -0.3 is 10.1 Å². The summed E-state index contributed by atoms with van der Waals surface area (Å²) < 4.78 is 18.9. The van der Waals surface area contributed by atoms with Crippen molar-refractivity contribution in [2.75, 3.05) is 13.7 Å². The summed E-state index contributed by atoms with van der Waals surface area (Å²) in [4.78, 5) is 0. The molecule has 1 N–H and O–H groups in total. The molecule has 0 amide bonds. The summed E-state index contributed by atoms with van der Waals surface area (Å²) in [5, 5.41) is 3.45. The minimum Gasteiger partial charge on any atom is -0.496 e. The summed E-state index contributed by atoms with van der Waals surface area (Å²) >= 11 is 0. The molecule has 0 spiro atoms. The van der Waals surface area contributed by atoms with Crippen LogP contribution >= 0.6 is 0 Å². The monoisotopic (exact) mass is 253 g/mol. The van der Waals surface area contributed by atoms with Gasteiger partial charge in [0.05, 0.1) is 7.11 Å². The van der Waals surface area contributed by atoms with Gasteiger partial charge in [-0.1, -0.05) is 27.7 Å². The molecular weight excluding hydrogens is 229 g/mol. The molecule has 1 aromatic rings. The van der Waals surface area contributed by atoms with E-state index in [1.165, 1.54) is 6.07 Å². The van der Waals surface area contributed by atoms with E-state index in [-0.39, 0.29) is 17.3 Å². The second-order valence-corrected chi connectivity index (χ2v) is 5.22. The summed E-state index contributed by atoms with van der Waals surface area (Å²) in [7, 11) is 1.62. The fourth-order valence-corrected chi connectivity index (χ4v) is 2.15. The lowest BCUT2D eigenvalue weighted by Gasteiger charge is -2.35. The first-order valence-electron chi connectivity index (χ1n) is 6.53. The highest BCUT2D eigenvalue weighted by molar-refractivity contribution is 5.37. The molecule has 1 unspecified atom stereocenters. The molecule has 0 bridgehead atoms. The van der Waals surface area contributed by atoms with Gasteiger partial charge in [0.25, 0.3) is 0 Å². The minimum atomic E-state index is -0.222. The Morgan fingerprint density at radius 3 is 2.50 bits per heavy atom. The van der Waals surface area contributed by atoms with Crippen LogP contribution in [0.4, 0.5) is 4.39 Å². The third-order valence-electron chi connectivity index (χ3n) is 3.60. The summed E-state index contributed by atoms with van der Waals surface area (Å²) in [5.74, 6) is 0.518. The van der Waals surface area contributed by atoms with Crippen LogP contribution in [0.3, 0.4) is 0 Å². The average molecular weight is 253 g/mol. The molecule has 18 heavy (non-hydrogen) atoms. The highest BCUT2D eigenvalue weighted by Gasteiger charge is 2.30. The van der Waals surface area contributed by atoms with E-state index in [0.717, 1.165) is 24.3 Å².